The Hall–Kier alpha value is -1.57. The fourth-order valence-corrected chi connectivity index (χ4v) is 2.67. The second kappa shape index (κ2) is 7.28. The highest BCUT2D eigenvalue weighted by Gasteiger charge is 2.12. The molecule has 1 aliphatic heterocycles. The van der Waals surface area contributed by atoms with Gasteiger partial charge in [-0.1, -0.05) is 0 Å². The highest BCUT2D eigenvalue weighted by molar-refractivity contribution is 7.99. The molecule has 20 heavy (non-hydrogen) atoms. The first-order chi connectivity index (χ1) is 9.65. The third-order valence-electron chi connectivity index (χ3n) is 2.77. The summed E-state index contributed by atoms with van der Waals surface area (Å²) in [6.07, 6.45) is 1.41. The molecule has 0 bridgehead atoms. The van der Waals surface area contributed by atoms with E-state index in [2.05, 4.69) is 14.7 Å². The van der Waals surface area contributed by atoms with Gasteiger partial charge in [0.05, 0.1) is 6.54 Å². The first kappa shape index (κ1) is 14.8. The van der Waals surface area contributed by atoms with Gasteiger partial charge in [0.2, 0.25) is 5.88 Å². The molecule has 1 fully saturated rings. The van der Waals surface area contributed by atoms with Crippen molar-refractivity contribution in [3.63, 3.8) is 0 Å². The second-order valence-electron chi connectivity index (χ2n) is 4.15. The predicted octanol–water partition coefficient (Wildman–Crippen LogP) is 1.55. The zero-order valence-corrected chi connectivity index (χ0v) is 11.7. The zero-order valence-electron chi connectivity index (χ0n) is 10.8. The Morgan fingerprint density at radius 2 is 2.25 bits per heavy atom. The lowest BCUT2D eigenvalue weighted by Gasteiger charge is -2.27. The summed E-state index contributed by atoms with van der Waals surface area (Å²) in [5, 5.41) is 0. The number of rotatable bonds is 4. The van der Waals surface area contributed by atoms with E-state index >= 15 is 0 Å². The Balaban J connectivity index is 1.95. The number of hydrogen-bond acceptors (Lipinski definition) is 4. The predicted molar refractivity (Wildman–Crippen MR) is 75.1 cm³/mol. The molecule has 0 radical (unpaired) electrons. The summed E-state index contributed by atoms with van der Waals surface area (Å²) in [7, 11) is 0. The smallest absolute Gasteiger partial charge is 0.388 e. The summed E-state index contributed by atoms with van der Waals surface area (Å²) in [6, 6.07) is 3.14. The molecule has 0 amide bonds. The third-order valence-corrected chi connectivity index (χ3v) is 3.71. The van der Waals surface area contributed by atoms with Crippen LogP contribution >= 0.6 is 11.8 Å². The van der Waals surface area contributed by atoms with E-state index in [1.165, 1.54) is 12.3 Å². The third kappa shape index (κ3) is 4.52. The number of alkyl halides is 2. The molecule has 1 aromatic rings. The summed E-state index contributed by atoms with van der Waals surface area (Å²) >= 11 is 1.89. The second-order valence-corrected chi connectivity index (χ2v) is 5.38. The average molecular weight is 302 g/mol. The standard InChI is InChI=1S/C12H16F2N4OS/c13-11(14)19-10-7-9(1-2-16-10)8-17-12(15)18-3-5-20-6-4-18/h1-2,7,11H,3-6,8H2,(H2,15,17). The van der Waals surface area contributed by atoms with Crippen LogP contribution in [0.3, 0.4) is 0 Å². The van der Waals surface area contributed by atoms with Gasteiger partial charge in [-0.3, -0.25) is 0 Å². The lowest BCUT2D eigenvalue weighted by Crippen LogP contribution is -2.42. The van der Waals surface area contributed by atoms with Gasteiger partial charge in [-0.2, -0.15) is 20.5 Å². The van der Waals surface area contributed by atoms with Crippen LogP contribution in [0.1, 0.15) is 5.56 Å². The summed E-state index contributed by atoms with van der Waals surface area (Å²) in [4.78, 5) is 10.0. The Morgan fingerprint density at radius 1 is 1.50 bits per heavy atom. The lowest BCUT2D eigenvalue weighted by atomic mass is 10.3. The number of ether oxygens (including phenoxy) is 1. The van der Waals surface area contributed by atoms with Crippen molar-refractivity contribution in [2.75, 3.05) is 24.6 Å². The number of nitrogens with zero attached hydrogens (tertiary/aromatic N) is 3. The maximum atomic E-state index is 12.1. The molecule has 0 atom stereocenters. The zero-order chi connectivity index (χ0) is 14.4. The fraction of sp³-hybridized carbons (Fsp3) is 0.500. The maximum absolute atomic E-state index is 12.1. The summed E-state index contributed by atoms with van der Waals surface area (Å²) in [5.74, 6) is 2.45. The first-order valence-electron chi connectivity index (χ1n) is 6.17. The molecule has 1 aliphatic rings. The number of aliphatic imine (C=N–C) groups is 1. The molecule has 2 heterocycles. The minimum Gasteiger partial charge on any atom is -0.417 e. The van der Waals surface area contributed by atoms with E-state index in [1.54, 1.807) is 6.07 Å². The SMILES string of the molecule is NC(=NCc1ccnc(OC(F)F)c1)N1CCSCC1. The Kier molecular flexibility index (Phi) is 5.40. The van der Waals surface area contributed by atoms with E-state index in [-0.39, 0.29) is 5.88 Å². The number of nitrogens with two attached hydrogens (primary N) is 1. The summed E-state index contributed by atoms with van der Waals surface area (Å²) < 4.78 is 28.4. The van der Waals surface area contributed by atoms with Crippen molar-refractivity contribution >= 4 is 17.7 Å². The molecule has 0 spiro atoms. The van der Waals surface area contributed by atoms with E-state index in [9.17, 15) is 8.78 Å². The van der Waals surface area contributed by atoms with Crippen LogP contribution in [-0.4, -0.2) is 47.1 Å². The van der Waals surface area contributed by atoms with Gasteiger partial charge in [-0.05, 0) is 11.6 Å². The first-order valence-corrected chi connectivity index (χ1v) is 7.33. The topological polar surface area (TPSA) is 63.7 Å². The van der Waals surface area contributed by atoms with Crippen molar-refractivity contribution in [1.29, 1.82) is 0 Å². The molecule has 110 valence electrons. The number of pyridine rings is 1. The quantitative estimate of drug-likeness (QED) is 0.675. The molecule has 0 saturated carbocycles. The molecular formula is C12H16F2N4OS. The summed E-state index contributed by atoms with van der Waals surface area (Å²) in [5.41, 5.74) is 6.64. The highest BCUT2D eigenvalue weighted by Crippen LogP contribution is 2.13. The van der Waals surface area contributed by atoms with E-state index < -0.39 is 6.61 Å². The van der Waals surface area contributed by atoms with Crippen molar-refractivity contribution in [3.8, 4) is 5.88 Å². The molecule has 2 rings (SSSR count). The Bertz CT molecular complexity index is 467. The number of aromatic nitrogens is 1. The molecule has 0 aliphatic carbocycles. The highest BCUT2D eigenvalue weighted by atomic mass is 32.2. The molecule has 0 aromatic carbocycles. The molecule has 5 nitrogen and oxygen atoms in total. The Labute approximate surface area is 120 Å². The van der Waals surface area contributed by atoms with Gasteiger partial charge in [-0.15, -0.1) is 0 Å². The maximum Gasteiger partial charge on any atom is 0.388 e. The monoisotopic (exact) mass is 302 g/mol. The van der Waals surface area contributed by atoms with Crippen LogP contribution in [0.4, 0.5) is 8.78 Å². The van der Waals surface area contributed by atoms with Crippen molar-refractivity contribution < 1.29 is 13.5 Å². The average Bonchev–Trinajstić information content (AvgIpc) is 2.45. The van der Waals surface area contributed by atoms with Crippen LogP contribution in [0.25, 0.3) is 0 Å². The van der Waals surface area contributed by atoms with Gasteiger partial charge in [0.25, 0.3) is 0 Å². The van der Waals surface area contributed by atoms with Crippen LogP contribution in [0, 0.1) is 0 Å². The molecule has 1 aromatic heterocycles. The number of halogens is 2. The van der Waals surface area contributed by atoms with Crippen molar-refractivity contribution in [2.24, 2.45) is 10.7 Å². The fourth-order valence-electron chi connectivity index (χ4n) is 1.77. The van der Waals surface area contributed by atoms with Crippen LogP contribution in [-0.2, 0) is 6.54 Å². The number of guanidine groups is 1. The van der Waals surface area contributed by atoms with Crippen molar-refractivity contribution in [1.82, 2.24) is 9.88 Å². The normalized spacial score (nSPS) is 16.6. The van der Waals surface area contributed by atoms with Gasteiger partial charge in [0.15, 0.2) is 5.96 Å². The van der Waals surface area contributed by atoms with Crippen molar-refractivity contribution in [3.05, 3.63) is 23.9 Å². The minimum absolute atomic E-state index is 0.111. The summed E-state index contributed by atoms with van der Waals surface area (Å²) in [6.45, 7) is -0.791. The van der Waals surface area contributed by atoms with Crippen LogP contribution in [0.5, 0.6) is 5.88 Å². The molecular weight excluding hydrogens is 286 g/mol. The minimum atomic E-state index is -2.88. The van der Waals surface area contributed by atoms with Gasteiger partial charge in [0.1, 0.15) is 0 Å². The number of hydrogen-bond donors (Lipinski definition) is 1. The van der Waals surface area contributed by atoms with E-state index in [0.717, 1.165) is 30.2 Å². The van der Waals surface area contributed by atoms with E-state index in [4.69, 9.17) is 5.73 Å². The Morgan fingerprint density at radius 3 is 2.95 bits per heavy atom. The van der Waals surface area contributed by atoms with Crippen LogP contribution < -0.4 is 10.5 Å². The van der Waals surface area contributed by atoms with Gasteiger partial charge < -0.3 is 15.4 Å². The molecule has 1 saturated heterocycles. The number of thioether (sulfide) groups is 1. The lowest BCUT2D eigenvalue weighted by molar-refractivity contribution is -0.0528. The van der Waals surface area contributed by atoms with Crippen molar-refractivity contribution in [2.45, 2.75) is 13.2 Å². The van der Waals surface area contributed by atoms with E-state index in [1.807, 2.05) is 16.7 Å². The molecule has 0 unspecified atom stereocenters. The van der Waals surface area contributed by atoms with Gasteiger partial charge in [0, 0.05) is 36.9 Å². The largest absolute Gasteiger partial charge is 0.417 e. The van der Waals surface area contributed by atoms with Crippen LogP contribution in [0.15, 0.2) is 23.3 Å². The van der Waals surface area contributed by atoms with E-state index in [0.29, 0.717) is 12.5 Å². The van der Waals surface area contributed by atoms with Gasteiger partial charge >= 0.3 is 6.61 Å². The van der Waals surface area contributed by atoms with Gasteiger partial charge in [-0.25, -0.2) is 9.98 Å². The molecule has 2 N–H and O–H groups in total. The van der Waals surface area contributed by atoms with Crippen LogP contribution in [0.2, 0.25) is 0 Å². The molecule has 8 heteroatoms.